The maximum atomic E-state index is 12.6. The third kappa shape index (κ3) is 2.17. The minimum atomic E-state index is -0.651. The Bertz CT molecular complexity index is 163. The molecule has 0 aliphatic rings. The summed E-state index contributed by atoms with van der Waals surface area (Å²) < 4.78 is 12.6. The van der Waals surface area contributed by atoms with Crippen LogP contribution in [-0.4, -0.2) is 5.91 Å². The Kier molecular flexibility index (Phi) is 3.69. The highest BCUT2D eigenvalue weighted by molar-refractivity contribution is 5.92. The Labute approximate surface area is 59.9 Å². The molecule has 2 N–H and O–H groups in total. The first-order chi connectivity index (χ1) is 4.63. The molecule has 3 heteroatoms. The third-order valence-corrected chi connectivity index (χ3v) is 1.29. The van der Waals surface area contributed by atoms with E-state index in [0.717, 1.165) is 0 Å². The van der Waals surface area contributed by atoms with Gasteiger partial charge >= 0.3 is 0 Å². The fourth-order valence-corrected chi connectivity index (χ4v) is 0.713. The largest absolute Gasteiger partial charge is 0.366 e. The first-order valence-corrected chi connectivity index (χ1v) is 3.30. The van der Waals surface area contributed by atoms with E-state index in [-0.39, 0.29) is 12.0 Å². The van der Waals surface area contributed by atoms with Crippen LogP contribution in [0.4, 0.5) is 4.39 Å². The fraction of sp³-hybridized carbons (Fsp3) is 0.571. The van der Waals surface area contributed by atoms with Crippen LogP contribution in [0, 0.1) is 0 Å². The molecule has 10 heavy (non-hydrogen) atoms. The van der Waals surface area contributed by atoms with Crippen molar-refractivity contribution in [3.63, 3.8) is 0 Å². The quantitative estimate of drug-likeness (QED) is 0.601. The molecule has 0 bridgehead atoms. The van der Waals surface area contributed by atoms with Gasteiger partial charge in [-0.1, -0.05) is 13.8 Å². The second-order valence-electron chi connectivity index (χ2n) is 1.95. The molecule has 0 saturated carbocycles. The van der Waals surface area contributed by atoms with E-state index in [1.54, 1.807) is 13.8 Å². The predicted octanol–water partition coefficient (Wildman–Crippen LogP) is 1.52. The van der Waals surface area contributed by atoms with Gasteiger partial charge in [-0.2, -0.15) is 0 Å². The highest BCUT2D eigenvalue weighted by atomic mass is 19.1. The number of hydrogen-bond donors (Lipinski definition) is 1. The van der Waals surface area contributed by atoms with E-state index in [9.17, 15) is 9.18 Å². The van der Waals surface area contributed by atoms with Crippen LogP contribution in [0.1, 0.15) is 26.7 Å². The monoisotopic (exact) mass is 145 g/mol. The summed E-state index contributed by atoms with van der Waals surface area (Å²) in [7, 11) is 0. The number of nitrogens with two attached hydrogens (primary N) is 1. The lowest BCUT2D eigenvalue weighted by Crippen LogP contribution is -2.14. The van der Waals surface area contributed by atoms with E-state index in [2.05, 4.69) is 0 Å². The van der Waals surface area contributed by atoms with E-state index in [4.69, 9.17) is 5.73 Å². The summed E-state index contributed by atoms with van der Waals surface area (Å²) in [6, 6.07) is 0. The molecule has 0 spiro atoms. The number of carbonyl (C=O) groups excluding carboxylic acids is 1. The van der Waals surface area contributed by atoms with Gasteiger partial charge in [-0.3, -0.25) is 4.79 Å². The molecule has 0 aromatic rings. The van der Waals surface area contributed by atoms with Gasteiger partial charge in [0.2, 0.25) is 5.91 Å². The highest BCUT2D eigenvalue weighted by Gasteiger charge is 2.07. The molecule has 0 aliphatic heterocycles. The van der Waals surface area contributed by atoms with Crippen molar-refractivity contribution in [3.8, 4) is 0 Å². The number of primary amides is 1. The van der Waals surface area contributed by atoms with Crippen molar-refractivity contribution < 1.29 is 9.18 Å². The molecule has 0 radical (unpaired) electrons. The molecule has 0 saturated heterocycles. The second kappa shape index (κ2) is 4.04. The third-order valence-electron chi connectivity index (χ3n) is 1.29. The van der Waals surface area contributed by atoms with Gasteiger partial charge in [0.25, 0.3) is 0 Å². The summed E-state index contributed by atoms with van der Waals surface area (Å²) in [5, 5.41) is 0. The Morgan fingerprint density at radius 1 is 1.40 bits per heavy atom. The van der Waals surface area contributed by atoms with Crippen molar-refractivity contribution >= 4 is 5.91 Å². The fourth-order valence-electron chi connectivity index (χ4n) is 0.713. The van der Waals surface area contributed by atoms with Crippen molar-refractivity contribution in [2.24, 2.45) is 5.73 Å². The van der Waals surface area contributed by atoms with E-state index in [1.165, 1.54) is 0 Å². The number of allylic oxidation sites excluding steroid dienone is 1. The van der Waals surface area contributed by atoms with Crippen molar-refractivity contribution in [1.82, 2.24) is 0 Å². The molecule has 0 atom stereocenters. The van der Waals surface area contributed by atoms with Gasteiger partial charge < -0.3 is 5.73 Å². The molecule has 0 aromatic heterocycles. The minimum absolute atomic E-state index is 0.113. The molecule has 0 rings (SSSR count). The van der Waals surface area contributed by atoms with Crippen molar-refractivity contribution in [2.75, 3.05) is 0 Å². The summed E-state index contributed by atoms with van der Waals surface area (Å²) in [5.74, 6) is -1.04. The highest BCUT2D eigenvalue weighted by Crippen LogP contribution is 2.12. The van der Waals surface area contributed by atoms with Gasteiger partial charge in [-0.25, -0.2) is 4.39 Å². The zero-order valence-corrected chi connectivity index (χ0v) is 6.28. The lowest BCUT2D eigenvalue weighted by Gasteiger charge is -1.99. The van der Waals surface area contributed by atoms with E-state index >= 15 is 0 Å². The zero-order chi connectivity index (χ0) is 8.15. The minimum Gasteiger partial charge on any atom is -0.366 e. The van der Waals surface area contributed by atoms with Crippen molar-refractivity contribution in [1.29, 1.82) is 0 Å². The van der Waals surface area contributed by atoms with Crippen LogP contribution in [0.15, 0.2) is 11.4 Å². The number of amides is 1. The molecule has 0 aliphatic carbocycles. The van der Waals surface area contributed by atoms with Gasteiger partial charge in [0.15, 0.2) is 0 Å². The number of hydrogen-bond acceptors (Lipinski definition) is 1. The summed E-state index contributed by atoms with van der Waals surface area (Å²) in [5.41, 5.74) is 5.00. The second-order valence-corrected chi connectivity index (χ2v) is 1.95. The summed E-state index contributed by atoms with van der Waals surface area (Å²) in [4.78, 5) is 10.5. The van der Waals surface area contributed by atoms with Gasteiger partial charge in [-0.15, -0.1) is 0 Å². The normalized spacial score (nSPS) is 12.7. The van der Waals surface area contributed by atoms with Crippen LogP contribution >= 0.6 is 0 Å². The lowest BCUT2D eigenvalue weighted by molar-refractivity contribution is -0.114. The zero-order valence-electron chi connectivity index (χ0n) is 6.28. The first kappa shape index (κ1) is 9.14. The molecule has 2 nitrogen and oxygen atoms in total. The average Bonchev–Trinajstić information content (AvgIpc) is 1.88. The smallest absolute Gasteiger partial charge is 0.247 e. The van der Waals surface area contributed by atoms with Crippen LogP contribution in [0.2, 0.25) is 0 Å². The molecular formula is C7H12FNO. The van der Waals surface area contributed by atoms with Crippen LogP contribution < -0.4 is 5.73 Å². The number of carbonyl (C=O) groups is 1. The van der Waals surface area contributed by atoms with E-state index in [0.29, 0.717) is 6.42 Å². The molecular weight excluding hydrogens is 133 g/mol. The van der Waals surface area contributed by atoms with Gasteiger partial charge in [0, 0.05) is 5.57 Å². The summed E-state index contributed by atoms with van der Waals surface area (Å²) in [6.07, 6.45) is 0.612. The molecule has 0 heterocycles. The molecule has 58 valence electrons. The molecule has 0 unspecified atom stereocenters. The molecule has 1 amide bonds. The molecule has 0 aromatic carbocycles. The van der Waals surface area contributed by atoms with Crippen LogP contribution in [-0.2, 0) is 4.79 Å². The first-order valence-electron chi connectivity index (χ1n) is 3.30. The van der Waals surface area contributed by atoms with Gasteiger partial charge in [0.1, 0.15) is 5.83 Å². The number of halogens is 1. The average molecular weight is 145 g/mol. The Hall–Kier alpha value is -0.860. The van der Waals surface area contributed by atoms with Crippen LogP contribution in [0.3, 0.4) is 0 Å². The van der Waals surface area contributed by atoms with Crippen molar-refractivity contribution in [3.05, 3.63) is 11.4 Å². The van der Waals surface area contributed by atoms with E-state index in [1.807, 2.05) is 0 Å². The van der Waals surface area contributed by atoms with E-state index < -0.39 is 11.7 Å². The maximum Gasteiger partial charge on any atom is 0.247 e. The van der Waals surface area contributed by atoms with Crippen molar-refractivity contribution in [2.45, 2.75) is 26.7 Å². The van der Waals surface area contributed by atoms with Crippen LogP contribution in [0.25, 0.3) is 0 Å². The number of rotatable bonds is 3. The summed E-state index contributed by atoms with van der Waals surface area (Å²) in [6.45, 7) is 3.35. The Morgan fingerprint density at radius 3 is 2.00 bits per heavy atom. The Morgan fingerprint density at radius 2 is 1.90 bits per heavy atom. The maximum absolute atomic E-state index is 12.6. The molecule has 0 fully saturated rings. The van der Waals surface area contributed by atoms with Gasteiger partial charge in [-0.05, 0) is 12.8 Å². The predicted molar refractivity (Wildman–Crippen MR) is 37.9 cm³/mol. The van der Waals surface area contributed by atoms with Crippen LogP contribution in [0.5, 0.6) is 0 Å². The SMILES string of the molecule is CC/C(F)=C(\CC)C(N)=O. The summed E-state index contributed by atoms with van der Waals surface area (Å²) >= 11 is 0. The Balaban J connectivity index is 4.45. The topological polar surface area (TPSA) is 43.1 Å². The standard InChI is InChI=1S/C7H12FNO/c1-3-5(7(9)10)6(8)4-2/h3-4H2,1-2H3,(H2,9,10)/b6-5-. The lowest BCUT2D eigenvalue weighted by atomic mass is 10.1. The van der Waals surface area contributed by atoms with Gasteiger partial charge in [0.05, 0.1) is 0 Å².